The Morgan fingerprint density at radius 2 is 1.94 bits per heavy atom. The summed E-state index contributed by atoms with van der Waals surface area (Å²) in [5.74, 6) is -0.0757. The first-order valence-electron chi connectivity index (χ1n) is 11.0. The summed E-state index contributed by atoms with van der Waals surface area (Å²) in [5.41, 5.74) is 2.96. The Morgan fingerprint density at radius 1 is 1.21 bits per heavy atom. The maximum absolute atomic E-state index is 12.8. The van der Waals surface area contributed by atoms with Crippen LogP contribution < -0.4 is 10.1 Å². The van der Waals surface area contributed by atoms with Gasteiger partial charge in [0.25, 0.3) is 11.8 Å². The number of aliphatic hydroxyl groups excluding tert-OH is 1. The van der Waals surface area contributed by atoms with E-state index in [1.807, 2.05) is 38.1 Å². The average Bonchev–Trinajstić information content (AvgIpc) is 3.30. The predicted molar refractivity (Wildman–Crippen MR) is 126 cm³/mol. The molecule has 1 heterocycles. The van der Waals surface area contributed by atoms with Crippen molar-refractivity contribution in [2.45, 2.75) is 45.8 Å². The van der Waals surface area contributed by atoms with Crippen LogP contribution in [0.2, 0.25) is 0 Å². The van der Waals surface area contributed by atoms with Crippen molar-refractivity contribution in [3.8, 4) is 23.1 Å². The number of carbonyl (C=O) groups is 2. The van der Waals surface area contributed by atoms with E-state index in [0.717, 1.165) is 11.1 Å². The van der Waals surface area contributed by atoms with Crippen LogP contribution in [0.1, 0.15) is 59.4 Å². The van der Waals surface area contributed by atoms with E-state index in [2.05, 4.69) is 16.4 Å². The van der Waals surface area contributed by atoms with Crippen molar-refractivity contribution in [1.29, 1.82) is 5.26 Å². The van der Waals surface area contributed by atoms with Crippen LogP contribution in [0.5, 0.6) is 5.75 Å². The third kappa shape index (κ3) is 6.30. The van der Waals surface area contributed by atoms with Crippen LogP contribution in [0.3, 0.4) is 0 Å². The van der Waals surface area contributed by atoms with E-state index in [9.17, 15) is 20.0 Å². The van der Waals surface area contributed by atoms with Crippen molar-refractivity contribution in [3.05, 3.63) is 71.3 Å². The van der Waals surface area contributed by atoms with Crippen molar-refractivity contribution < 1.29 is 23.8 Å². The van der Waals surface area contributed by atoms with Gasteiger partial charge in [-0.1, -0.05) is 24.3 Å². The van der Waals surface area contributed by atoms with Crippen LogP contribution in [-0.2, 0) is 6.42 Å². The number of oxazole rings is 1. The summed E-state index contributed by atoms with van der Waals surface area (Å²) in [6, 6.07) is 14.0. The topological polar surface area (TPSA) is 125 Å². The lowest BCUT2D eigenvalue weighted by atomic mass is 10.0. The minimum atomic E-state index is -0.331. The number of aromatic nitrogens is 1. The highest BCUT2D eigenvalue weighted by Crippen LogP contribution is 2.22. The number of carbonyl (C=O) groups excluding carboxylic acids is 2. The third-order valence-corrected chi connectivity index (χ3v) is 5.07. The van der Waals surface area contributed by atoms with Gasteiger partial charge in [0.2, 0.25) is 5.78 Å². The highest BCUT2D eigenvalue weighted by Gasteiger charge is 2.17. The molecule has 0 fully saturated rings. The Bertz CT molecular complexity index is 1190. The molecular weight excluding hydrogens is 434 g/mol. The minimum Gasteiger partial charge on any atom is -0.490 e. The molecular formula is C26H27N3O5. The Kier molecular flexibility index (Phi) is 8.17. The Morgan fingerprint density at radius 3 is 2.53 bits per heavy atom. The van der Waals surface area contributed by atoms with Gasteiger partial charge in [-0.2, -0.15) is 5.26 Å². The van der Waals surface area contributed by atoms with Gasteiger partial charge in [-0.3, -0.25) is 9.59 Å². The number of aliphatic hydroxyl groups is 1. The Hall–Kier alpha value is -3.96. The van der Waals surface area contributed by atoms with Gasteiger partial charge in [-0.15, -0.1) is 0 Å². The summed E-state index contributed by atoms with van der Waals surface area (Å²) in [5, 5.41) is 21.8. The van der Waals surface area contributed by atoms with Crippen LogP contribution in [0.25, 0.3) is 11.3 Å². The van der Waals surface area contributed by atoms with Crippen molar-refractivity contribution >= 4 is 11.7 Å². The summed E-state index contributed by atoms with van der Waals surface area (Å²) in [6.07, 6.45) is 2.22. The molecule has 0 spiro atoms. The molecule has 8 nitrogen and oxygen atoms in total. The normalized spacial score (nSPS) is 11.6. The number of rotatable bonds is 10. The molecule has 1 atom stereocenters. The molecule has 2 aromatic carbocycles. The minimum absolute atomic E-state index is 0.0631. The maximum atomic E-state index is 12.8. The Labute approximate surface area is 198 Å². The second-order valence-corrected chi connectivity index (χ2v) is 8.17. The van der Waals surface area contributed by atoms with Crippen LogP contribution >= 0.6 is 0 Å². The number of nitrogens with zero attached hydrogens (tertiary/aromatic N) is 2. The van der Waals surface area contributed by atoms with E-state index in [1.54, 1.807) is 12.1 Å². The molecule has 0 radical (unpaired) electrons. The van der Waals surface area contributed by atoms with Gasteiger partial charge in [0, 0.05) is 30.7 Å². The lowest BCUT2D eigenvalue weighted by Crippen LogP contribution is -2.37. The summed E-state index contributed by atoms with van der Waals surface area (Å²) < 4.78 is 10.8. The van der Waals surface area contributed by atoms with E-state index in [4.69, 9.17) is 9.15 Å². The SMILES string of the molecule is CC(=O)c1nc(-c2ccc(CC(CCO)NC(=O)c3ccc(OC(C)C)c(C#N)c3)cc2)co1. The zero-order valence-electron chi connectivity index (χ0n) is 19.4. The molecule has 1 unspecified atom stereocenters. The number of Topliss-reactive ketones (excluding diaryl/α,β-unsaturated/α-hetero) is 1. The van der Waals surface area contributed by atoms with Gasteiger partial charge in [0.1, 0.15) is 23.8 Å². The monoisotopic (exact) mass is 461 g/mol. The lowest BCUT2D eigenvalue weighted by molar-refractivity contribution is 0.0929. The highest BCUT2D eigenvalue weighted by atomic mass is 16.5. The highest BCUT2D eigenvalue weighted by molar-refractivity contribution is 5.95. The summed E-state index contributed by atoms with van der Waals surface area (Å²) in [4.78, 5) is 28.4. The number of amides is 1. The third-order valence-electron chi connectivity index (χ3n) is 5.07. The van der Waals surface area contributed by atoms with Crippen LogP contribution in [0.15, 0.2) is 53.1 Å². The molecule has 1 aromatic heterocycles. The smallest absolute Gasteiger partial charge is 0.263 e. The number of nitrogens with one attached hydrogen (secondary N) is 1. The van der Waals surface area contributed by atoms with Crippen LogP contribution in [0, 0.1) is 11.3 Å². The van der Waals surface area contributed by atoms with Gasteiger partial charge in [-0.25, -0.2) is 4.98 Å². The summed E-state index contributed by atoms with van der Waals surface area (Å²) in [7, 11) is 0. The van der Waals surface area contributed by atoms with Crippen molar-refractivity contribution in [2.75, 3.05) is 6.61 Å². The molecule has 34 heavy (non-hydrogen) atoms. The molecule has 0 saturated carbocycles. The molecule has 0 aliphatic rings. The van der Waals surface area contributed by atoms with Gasteiger partial charge in [0.15, 0.2) is 0 Å². The largest absolute Gasteiger partial charge is 0.490 e. The predicted octanol–water partition coefficient (Wildman–Crippen LogP) is 3.93. The first kappa shape index (κ1) is 24.7. The lowest BCUT2D eigenvalue weighted by Gasteiger charge is -2.19. The summed E-state index contributed by atoms with van der Waals surface area (Å²) >= 11 is 0. The average molecular weight is 462 g/mol. The molecule has 176 valence electrons. The molecule has 0 bridgehead atoms. The second kappa shape index (κ2) is 11.3. The van der Waals surface area contributed by atoms with Gasteiger partial charge in [-0.05, 0) is 50.5 Å². The zero-order valence-corrected chi connectivity index (χ0v) is 19.4. The zero-order chi connectivity index (χ0) is 24.7. The quantitative estimate of drug-likeness (QED) is 0.438. The van der Waals surface area contributed by atoms with E-state index in [0.29, 0.717) is 29.8 Å². The standard InChI is InChI=1S/C26H27N3O5/c1-16(2)34-24-9-8-20(13-21(24)14-27)25(32)28-22(10-11-30)12-18-4-6-19(7-5-18)23-15-33-26(29-23)17(3)31/h4-9,13,15-16,22,30H,10-12H2,1-3H3,(H,28,32). The number of ketones is 1. The number of hydrogen-bond acceptors (Lipinski definition) is 7. The van der Waals surface area contributed by atoms with E-state index >= 15 is 0 Å². The molecule has 0 saturated heterocycles. The fraction of sp³-hybridized carbons (Fsp3) is 0.308. The van der Waals surface area contributed by atoms with Gasteiger partial charge in [0.05, 0.1) is 11.7 Å². The number of nitriles is 1. The Balaban J connectivity index is 1.69. The van der Waals surface area contributed by atoms with Crippen molar-refractivity contribution in [2.24, 2.45) is 0 Å². The molecule has 0 aliphatic carbocycles. The fourth-order valence-electron chi connectivity index (χ4n) is 3.43. The van der Waals surface area contributed by atoms with Crippen LogP contribution in [-0.4, -0.2) is 40.5 Å². The number of ether oxygens (including phenoxy) is 1. The molecule has 3 aromatic rings. The molecule has 2 N–H and O–H groups in total. The maximum Gasteiger partial charge on any atom is 0.263 e. The van der Waals surface area contributed by atoms with E-state index < -0.39 is 0 Å². The summed E-state index contributed by atoms with van der Waals surface area (Å²) in [6.45, 7) is 5.04. The van der Waals surface area contributed by atoms with Gasteiger partial charge >= 0.3 is 0 Å². The van der Waals surface area contributed by atoms with E-state index in [1.165, 1.54) is 19.3 Å². The van der Waals surface area contributed by atoms with Crippen LogP contribution in [0.4, 0.5) is 0 Å². The number of hydrogen-bond donors (Lipinski definition) is 2. The van der Waals surface area contributed by atoms with Crippen molar-refractivity contribution in [3.63, 3.8) is 0 Å². The molecule has 3 rings (SSSR count). The second-order valence-electron chi connectivity index (χ2n) is 8.17. The first-order chi connectivity index (χ1) is 16.3. The van der Waals surface area contributed by atoms with Gasteiger partial charge < -0.3 is 19.6 Å². The fourth-order valence-corrected chi connectivity index (χ4v) is 3.43. The number of benzene rings is 2. The molecule has 0 aliphatic heterocycles. The van der Waals surface area contributed by atoms with E-state index in [-0.39, 0.29) is 41.9 Å². The molecule has 8 heteroatoms. The van der Waals surface area contributed by atoms with Crippen molar-refractivity contribution in [1.82, 2.24) is 10.3 Å². The molecule has 1 amide bonds. The first-order valence-corrected chi connectivity index (χ1v) is 11.0.